The summed E-state index contributed by atoms with van der Waals surface area (Å²) >= 11 is 0. The van der Waals surface area contributed by atoms with Gasteiger partial charge < -0.3 is 28.5 Å². The number of esters is 2. The molecule has 0 aliphatic heterocycles. The van der Waals surface area contributed by atoms with Crippen LogP contribution in [0.4, 0.5) is 0 Å². The Balaban J connectivity index is 3.98. The Bertz CT molecular complexity index is 2100. The zero-order chi connectivity index (χ0) is 71.8. The molecule has 0 aliphatic carbocycles. The molecule has 99 heavy (non-hydrogen) atoms. The van der Waals surface area contributed by atoms with Crippen molar-refractivity contribution in [3.8, 4) is 0 Å². The predicted octanol–water partition coefficient (Wildman–Crippen LogP) is 26.8. The van der Waals surface area contributed by atoms with Crippen LogP contribution in [-0.2, 0) is 33.3 Å². The average molecular weight is 1380 g/mol. The monoisotopic (exact) mass is 1380 g/mol. The summed E-state index contributed by atoms with van der Waals surface area (Å²) in [7, 11) is 5.99. The van der Waals surface area contributed by atoms with Gasteiger partial charge >= 0.3 is 17.9 Å². The highest BCUT2D eigenvalue weighted by atomic mass is 16.7. The number of carboxylic acid groups (broad SMARTS) is 1. The van der Waals surface area contributed by atoms with Crippen molar-refractivity contribution >= 4 is 17.9 Å². The van der Waals surface area contributed by atoms with E-state index in [9.17, 15) is 19.5 Å². The molecule has 9 heteroatoms. The summed E-state index contributed by atoms with van der Waals surface area (Å²) in [6.07, 6.45) is 112. The SMILES string of the molecule is CC/C=C\C/C=C\C/C=C\C/C=C\C/C=C\C/C=C\CCCCCCCCCCCCCCCCC(=O)OC(COC(=O)CCCCCCCCCCCCCCCCCCCCCCCCCCC/C=C\C/C=C\C/C=C\C/C=C\C/C=C\CC)COC(OCC[N+](C)(C)C)C(=O)O. The molecule has 0 heterocycles. The number of carboxylic acids is 1. The second kappa shape index (κ2) is 79.1. The van der Waals surface area contributed by atoms with Gasteiger partial charge in [-0.3, -0.25) is 9.59 Å². The smallest absolute Gasteiger partial charge is 0.361 e. The molecule has 0 amide bonds. The third-order valence-corrected chi connectivity index (χ3v) is 17.9. The van der Waals surface area contributed by atoms with Crippen LogP contribution < -0.4 is 0 Å². The summed E-state index contributed by atoms with van der Waals surface area (Å²) in [4.78, 5) is 37.8. The highest BCUT2D eigenvalue weighted by molar-refractivity contribution is 5.71. The van der Waals surface area contributed by atoms with Crippen molar-refractivity contribution in [2.75, 3.05) is 47.5 Å². The van der Waals surface area contributed by atoms with Gasteiger partial charge in [-0.1, -0.05) is 372 Å². The van der Waals surface area contributed by atoms with Crippen LogP contribution in [0.3, 0.4) is 0 Å². The number of unbranched alkanes of at least 4 members (excludes halogenated alkanes) is 39. The quantitative estimate of drug-likeness (QED) is 0.0211. The summed E-state index contributed by atoms with van der Waals surface area (Å²) in [5.74, 6) is -1.99. The number of allylic oxidation sites excluding steroid dienone is 22. The standard InChI is InChI=1S/C90H155NO8/c1-6-8-10-12-14-16-18-20-22-24-26-28-30-32-34-36-38-40-41-42-43-44-45-46-47-49-50-52-54-56-58-60-62-64-66-68-70-72-74-76-78-80-87(92)97-84-86(85-98-90(89(94)95)96-83-82-91(3,4)5)99-88(93)81-79-77-75-73-71-69-67-65-63-61-59-57-55-53-51-48-39-37-35-33-31-29-27-25-23-21-19-17-15-13-11-9-7-2/h8-11,14-17,20-23,26-29,32-35,39,48,86,90H,6-7,12-13,18-19,24-25,30-31,36-38,40-47,49-85H2,1-5H3/p+1/b10-8-,11-9-,16-14-,17-15-,22-20-,23-21-,28-26-,29-27-,34-32-,35-33-,48-39-. The molecule has 0 aliphatic rings. The minimum absolute atomic E-state index is 0.183. The number of aliphatic carboxylic acids is 1. The maximum absolute atomic E-state index is 13.0. The molecule has 0 aromatic carbocycles. The Morgan fingerprint density at radius 3 is 0.808 bits per heavy atom. The number of quaternary nitrogens is 1. The van der Waals surface area contributed by atoms with Gasteiger partial charge in [-0.15, -0.1) is 0 Å². The van der Waals surface area contributed by atoms with Gasteiger partial charge in [0.15, 0.2) is 6.10 Å². The van der Waals surface area contributed by atoms with Crippen molar-refractivity contribution < 1.29 is 42.9 Å². The third kappa shape index (κ3) is 80.6. The van der Waals surface area contributed by atoms with E-state index in [-0.39, 0.29) is 32.2 Å². The largest absolute Gasteiger partial charge is 0.477 e. The van der Waals surface area contributed by atoms with Crippen molar-refractivity contribution in [1.82, 2.24) is 0 Å². The van der Waals surface area contributed by atoms with E-state index in [1.807, 2.05) is 21.1 Å². The fourth-order valence-corrected chi connectivity index (χ4v) is 11.7. The van der Waals surface area contributed by atoms with Gasteiger partial charge in [0.1, 0.15) is 13.2 Å². The first-order valence-electron chi connectivity index (χ1n) is 41.3. The first-order valence-corrected chi connectivity index (χ1v) is 41.3. The number of ether oxygens (including phenoxy) is 4. The van der Waals surface area contributed by atoms with Gasteiger partial charge in [0.2, 0.25) is 0 Å². The molecule has 0 saturated heterocycles. The van der Waals surface area contributed by atoms with Crippen LogP contribution in [-0.4, -0.2) is 87.4 Å². The summed E-state index contributed by atoms with van der Waals surface area (Å²) in [6.45, 7) is 4.69. The Morgan fingerprint density at radius 2 is 0.545 bits per heavy atom. The molecular formula is C90H156NO8+. The molecule has 0 rings (SSSR count). The normalized spacial score (nSPS) is 13.3. The minimum atomic E-state index is -1.52. The first-order chi connectivity index (χ1) is 48.6. The van der Waals surface area contributed by atoms with Crippen LogP contribution in [0.15, 0.2) is 134 Å². The number of hydrogen-bond donors (Lipinski definition) is 1. The van der Waals surface area contributed by atoms with Crippen LogP contribution >= 0.6 is 0 Å². The van der Waals surface area contributed by atoms with Gasteiger partial charge in [0, 0.05) is 12.8 Å². The van der Waals surface area contributed by atoms with Crippen molar-refractivity contribution in [3.63, 3.8) is 0 Å². The summed E-state index contributed by atoms with van der Waals surface area (Å²) in [6, 6.07) is 0. The van der Waals surface area contributed by atoms with E-state index < -0.39 is 24.3 Å². The third-order valence-electron chi connectivity index (χ3n) is 17.9. The van der Waals surface area contributed by atoms with E-state index in [4.69, 9.17) is 18.9 Å². The van der Waals surface area contributed by atoms with E-state index >= 15 is 0 Å². The van der Waals surface area contributed by atoms with E-state index in [0.29, 0.717) is 17.4 Å². The van der Waals surface area contributed by atoms with Crippen LogP contribution in [0.5, 0.6) is 0 Å². The molecule has 2 atom stereocenters. The topological polar surface area (TPSA) is 108 Å². The Kier molecular flexibility index (Phi) is 75.5. The van der Waals surface area contributed by atoms with Crippen molar-refractivity contribution in [3.05, 3.63) is 134 Å². The van der Waals surface area contributed by atoms with Crippen LogP contribution in [0.25, 0.3) is 0 Å². The van der Waals surface area contributed by atoms with Crippen LogP contribution in [0.1, 0.15) is 361 Å². The zero-order valence-corrected chi connectivity index (χ0v) is 65.1. The van der Waals surface area contributed by atoms with Crippen molar-refractivity contribution in [2.24, 2.45) is 0 Å². The molecule has 0 spiro atoms. The van der Waals surface area contributed by atoms with Gasteiger partial charge in [0.25, 0.3) is 6.29 Å². The average Bonchev–Trinajstić information content (AvgIpc) is 1.57. The van der Waals surface area contributed by atoms with Gasteiger partial charge in [0.05, 0.1) is 34.4 Å². The lowest BCUT2D eigenvalue weighted by Gasteiger charge is -2.25. The molecule has 0 fully saturated rings. The fourth-order valence-electron chi connectivity index (χ4n) is 11.7. The van der Waals surface area contributed by atoms with E-state index in [1.54, 1.807) is 0 Å². The Labute approximate surface area is 611 Å². The van der Waals surface area contributed by atoms with Gasteiger partial charge in [-0.05, 0) is 109 Å². The highest BCUT2D eigenvalue weighted by Crippen LogP contribution is 2.19. The molecule has 568 valence electrons. The summed E-state index contributed by atoms with van der Waals surface area (Å²) in [5.41, 5.74) is 0. The summed E-state index contributed by atoms with van der Waals surface area (Å²) < 4.78 is 23.1. The molecule has 0 radical (unpaired) electrons. The second-order valence-electron chi connectivity index (χ2n) is 28.7. The number of nitrogens with zero attached hydrogens (tertiary/aromatic N) is 1. The molecule has 0 aromatic rings. The Morgan fingerprint density at radius 1 is 0.303 bits per heavy atom. The highest BCUT2D eigenvalue weighted by Gasteiger charge is 2.25. The lowest BCUT2D eigenvalue weighted by molar-refractivity contribution is -0.870. The van der Waals surface area contributed by atoms with Gasteiger partial charge in [-0.2, -0.15) is 0 Å². The lowest BCUT2D eigenvalue weighted by Crippen LogP contribution is -2.40. The van der Waals surface area contributed by atoms with Crippen molar-refractivity contribution in [1.29, 1.82) is 0 Å². The molecule has 0 bridgehead atoms. The molecular weight excluding hydrogens is 1220 g/mol. The molecule has 0 saturated carbocycles. The number of rotatable bonds is 76. The number of carbonyl (C=O) groups excluding carboxylic acids is 2. The number of hydrogen-bond acceptors (Lipinski definition) is 7. The molecule has 9 nitrogen and oxygen atoms in total. The van der Waals surface area contributed by atoms with E-state index in [2.05, 4.69) is 148 Å². The minimum Gasteiger partial charge on any atom is -0.477 e. The zero-order valence-electron chi connectivity index (χ0n) is 65.1. The van der Waals surface area contributed by atoms with E-state index in [0.717, 1.165) is 109 Å². The maximum atomic E-state index is 13.0. The predicted molar refractivity (Wildman–Crippen MR) is 428 cm³/mol. The maximum Gasteiger partial charge on any atom is 0.361 e. The van der Waals surface area contributed by atoms with E-state index in [1.165, 1.54) is 225 Å². The lowest BCUT2D eigenvalue weighted by atomic mass is 10.0. The van der Waals surface area contributed by atoms with Crippen molar-refractivity contribution in [2.45, 2.75) is 373 Å². The molecule has 1 N–H and O–H groups in total. The molecule has 2 unspecified atom stereocenters. The van der Waals surface area contributed by atoms with Crippen LogP contribution in [0, 0.1) is 0 Å². The number of carbonyl (C=O) groups is 3. The van der Waals surface area contributed by atoms with Crippen LogP contribution in [0.2, 0.25) is 0 Å². The Hall–Kier alpha value is -4.57. The first kappa shape index (κ1) is 94.4. The molecule has 0 aromatic heterocycles. The second-order valence-corrected chi connectivity index (χ2v) is 28.7. The fraction of sp³-hybridized carbons (Fsp3) is 0.722. The number of likely N-dealkylation sites (N-methyl/N-ethyl adjacent to an activating group) is 1. The summed E-state index contributed by atoms with van der Waals surface area (Å²) in [5, 5.41) is 9.78. The van der Waals surface area contributed by atoms with Gasteiger partial charge in [-0.25, -0.2) is 4.79 Å².